The summed E-state index contributed by atoms with van der Waals surface area (Å²) in [6, 6.07) is 15.2. The van der Waals surface area contributed by atoms with Gasteiger partial charge in [-0.2, -0.15) is 0 Å². The number of nitrogens with zero attached hydrogens (tertiary/aromatic N) is 3. The normalized spacial score (nSPS) is 10.9. The van der Waals surface area contributed by atoms with Gasteiger partial charge in [0.05, 0.1) is 18.0 Å². The molecule has 0 bridgehead atoms. The van der Waals surface area contributed by atoms with Crippen LogP contribution in [0, 0.1) is 6.92 Å². The van der Waals surface area contributed by atoms with E-state index in [0.717, 1.165) is 11.3 Å². The summed E-state index contributed by atoms with van der Waals surface area (Å²) in [7, 11) is 1.61. The Morgan fingerprint density at radius 3 is 2.59 bits per heavy atom. The van der Waals surface area contributed by atoms with E-state index in [0.29, 0.717) is 36.4 Å². The first-order valence-corrected chi connectivity index (χ1v) is 9.56. The Labute approximate surface area is 170 Å². The van der Waals surface area contributed by atoms with Crippen molar-refractivity contribution >= 4 is 11.6 Å². The Morgan fingerprint density at radius 1 is 1.10 bits per heavy atom. The molecule has 7 nitrogen and oxygen atoms in total. The number of ether oxygens (including phenoxy) is 2. The molecule has 2 aromatic carbocycles. The first-order valence-electron chi connectivity index (χ1n) is 9.56. The molecule has 0 fully saturated rings. The predicted octanol–water partition coefficient (Wildman–Crippen LogP) is 3.98. The number of amides is 1. The Kier molecular flexibility index (Phi) is 6.61. The van der Waals surface area contributed by atoms with Crippen LogP contribution in [0.15, 0.2) is 48.5 Å². The van der Waals surface area contributed by atoms with Crippen LogP contribution in [0.4, 0.5) is 5.69 Å². The molecule has 0 saturated carbocycles. The summed E-state index contributed by atoms with van der Waals surface area (Å²) in [5.41, 5.74) is 2.63. The van der Waals surface area contributed by atoms with Crippen LogP contribution in [0.2, 0.25) is 0 Å². The Balaban J connectivity index is 1.83. The van der Waals surface area contributed by atoms with Crippen LogP contribution in [0.3, 0.4) is 0 Å². The molecule has 0 saturated heterocycles. The average molecular weight is 394 g/mol. The lowest BCUT2D eigenvalue weighted by molar-refractivity contribution is 0.101. The number of aryl methyl sites for hydroxylation is 1. The molecule has 0 unspecified atom stereocenters. The maximum absolute atomic E-state index is 12.8. The maximum Gasteiger partial charge on any atom is 0.295 e. The third-order valence-electron chi connectivity index (χ3n) is 4.44. The standard InChI is InChI=1S/C22H26N4O3/c1-15(2)17-9-5-7-11-19(17)26-16(3)23-21(25-26)22(27)24-18-10-6-8-12-20(18)29-14-13-28-4/h5-12,15H,13-14H2,1-4H3,(H,24,27). The minimum absolute atomic E-state index is 0.104. The molecule has 0 atom stereocenters. The maximum atomic E-state index is 12.8. The van der Waals surface area contributed by atoms with Crippen LogP contribution in [0.5, 0.6) is 5.75 Å². The van der Waals surface area contributed by atoms with Crippen molar-refractivity contribution in [3.63, 3.8) is 0 Å². The quantitative estimate of drug-likeness (QED) is 0.585. The first kappa shape index (κ1) is 20.5. The highest BCUT2D eigenvalue weighted by Crippen LogP contribution is 2.25. The van der Waals surface area contributed by atoms with Gasteiger partial charge < -0.3 is 14.8 Å². The molecule has 1 aromatic heterocycles. The number of anilines is 1. The second-order valence-corrected chi connectivity index (χ2v) is 6.90. The molecule has 1 N–H and O–H groups in total. The summed E-state index contributed by atoms with van der Waals surface area (Å²) >= 11 is 0. The van der Waals surface area contributed by atoms with Crippen LogP contribution in [0.1, 0.15) is 41.8 Å². The molecule has 152 valence electrons. The van der Waals surface area contributed by atoms with Crippen molar-refractivity contribution in [1.82, 2.24) is 14.8 Å². The second-order valence-electron chi connectivity index (χ2n) is 6.90. The molecule has 3 aromatic rings. The fourth-order valence-electron chi connectivity index (χ4n) is 2.99. The van der Waals surface area contributed by atoms with Gasteiger partial charge in [0.1, 0.15) is 18.2 Å². The van der Waals surface area contributed by atoms with Crippen molar-refractivity contribution in [2.24, 2.45) is 0 Å². The topological polar surface area (TPSA) is 78.3 Å². The number of hydrogen-bond acceptors (Lipinski definition) is 5. The lowest BCUT2D eigenvalue weighted by atomic mass is 10.0. The Hall–Kier alpha value is -3.19. The molecule has 0 spiro atoms. The zero-order chi connectivity index (χ0) is 20.8. The summed E-state index contributed by atoms with van der Waals surface area (Å²) in [4.78, 5) is 17.1. The van der Waals surface area contributed by atoms with Gasteiger partial charge in [-0.1, -0.05) is 44.2 Å². The van der Waals surface area contributed by atoms with Crippen LogP contribution < -0.4 is 10.1 Å². The van der Waals surface area contributed by atoms with E-state index in [2.05, 4.69) is 35.3 Å². The summed E-state index contributed by atoms with van der Waals surface area (Å²) in [5, 5.41) is 7.30. The van der Waals surface area contributed by atoms with E-state index >= 15 is 0 Å². The summed E-state index contributed by atoms with van der Waals surface area (Å²) in [5.74, 6) is 1.25. The number of hydrogen-bond donors (Lipinski definition) is 1. The number of para-hydroxylation sites is 3. The fraction of sp³-hybridized carbons (Fsp3) is 0.318. The van der Waals surface area contributed by atoms with Gasteiger partial charge in [-0.05, 0) is 36.6 Å². The Bertz CT molecular complexity index is 982. The van der Waals surface area contributed by atoms with Crippen LogP contribution in [0.25, 0.3) is 5.69 Å². The smallest absolute Gasteiger partial charge is 0.295 e. The van der Waals surface area contributed by atoms with Gasteiger partial charge in [0.2, 0.25) is 5.82 Å². The first-order chi connectivity index (χ1) is 14.0. The van der Waals surface area contributed by atoms with Gasteiger partial charge in [-0.15, -0.1) is 5.10 Å². The number of methoxy groups -OCH3 is 1. The van der Waals surface area contributed by atoms with Crippen LogP contribution >= 0.6 is 0 Å². The molecule has 0 radical (unpaired) electrons. The van der Waals surface area contributed by atoms with E-state index in [-0.39, 0.29) is 5.82 Å². The minimum atomic E-state index is -0.392. The minimum Gasteiger partial charge on any atom is -0.489 e. The van der Waals surface area contributed by atoms with Gasteiger partial charge in [0.15, 0.2) is 0 Å². The summed E-state index contributed by atoms with van der Waals surface area (Å²) < 4.78 is 12.4. The molecule has 1 heterocycles. The number of nitrogens with one attached hydrogen (secondary N) is 1. The average Bonchev–Trinajstić information content (AvgIpc) is 3.11. The van der Waals surface area contributed by atoms with E-state index in [9.17, 15) is 4.79 Å². The van der Waals surface area contributed by atoms with Gasteiger partial charge >= 0.3 is 0 Å². The van der Waals surface area contributed by atoms with Gasteiger partial charge in [0, 0.05) is 7.11 Å². The summed E-state index contributed by atoms with van der Waals surface area (Å²) in [6.45, 7) is 6.94. The zero-order valence-electron chi connectivity index (χ0n) is 17.2. The molecular formula is C22H26N4O3. The number of rotatable bonds is 8. The molecule has 0 aliphatic carbocycles. The fourth-order valence-corrected chi connectivity index (χ4v) is 2.99. The summed E-state index contributed by atoms with van der Waals surface area (Å²) in [6.07, 6.45) is 0. The van der Waals surface area contributed by atoms with Crippen LogP contribution in [-0.2, 0) is 4.74 Å². The van der Waals surface area contributed by atoms with Gasteiger partial charge in [-0.3, -0.25) is 4.79 Å². The third kappa shape index (κ3) is 4.81. The van der Waals surface area contributed by atoms with Crippen molar-refractivity contribution in [2.75, 3.05) is 25.6 Å². The molecule has 29 heavy (non-hydrogen) atoms. The number of aromatic nitrogens is 3. The lowest BCUT2D eigenvalue weighted by Gasteiger charge is -2.13. The third-order valence-corrected chi connectivity index (χ3v) is 4.44. The Morgan fingerprint density at radius 2 is 1.83 bits per heavy atom. The van der Waals surface area contributed by atoms with E-state index in [1.54, 1.807) is 23.9 Å². The van der Waals surface area contributed by atoms with Crippen molar-refractivity contribution in [3.05, 3.63) is 65.7 Å². The monoisotopic (exact) mass is 394 g/mol. The van der Waals surface area contributed by atoms with Gasteiger partial charge in [0.25, 0.3) is 5.91 Å². The highest BCUT2D eigenvalue weighted by Gasteiger charge is 2.18. The van der Waals surface area contributed by atoms with Crippen molar-refractivity contribution in [2.45, 2.75) is 26.7 Å². The number of carbonyl (C=O) groups is 1. The molecule has 1 amide bonds. The molecule has 0 aliphatic heterocycles. The van der Waals surface area contributed by atoms with E-state index in [1.807, 2.05) is 37.3 Å². The van der Waals surface area contributed by atoms with Crippen molar-refractivity contribution < 1.29 is 14.3 Å². The number of carbonyl (C=O) groups excluding carboxylic acids is 1. The van der Waals surface area contributed by atoms with Crippen molar-refractivity contribution in [3.8, 4) is 11.4 Å². The largest absolute Gasteiger partial charge is 0.489 e. The molecule has 7 heteroatoms. The SMILES string of the molecule is COCCOc1ccccc1NC(=O)c1nc(C)n(-c2ccccc2C(C)C)n1. The van der Waals surface area contributed by atoms with Crippen LogP contribution in [-0.4, -0.2) is 41.0 Å². The molecular weight excluding hydrogens is 368 g/mol. The highest BCUT2D eigenvalue weighted by atomic mass is 16.5. The van der Waals surface area contributed by atoms with Gasteiger partial charge in [-0.25, -0.2) is 9.67 Å². The highest BCUT2D eigenvalue weighted by molar-refractivity contribution is 6.02. The predicted molar refractivity (Wildman–Crippen MR) is 112 cm³/mol. The zero-order valence-corrected chi connectivity index (χ0v) is 17.2. The molecule has 3 rings (SSSR count). The van der Waals surface area contributed by atoms with Crippen molar-refractivity contribution in [1.29, 1.82) is 0 Å². The van der Waals surface area contributed by atoms with E-state index in [4.69, 9.17) is 9.47 Å². The molecule has 0 aliphatic rings. The lowest BCUT2D eigenvalue weighted by Crippen LogP contribution is -2.16. The van der Waals surface area contributed by atoms with E-state index < -0.39 is 5.91 Å². The van der Waals surface area contributed by atoms with E-state index in [1.165, 1.54) is 0 Å². The second kappa shape index (κ2) is 9.34. The number of benzene rings is 2.